The zero-order valence-electron chi connectivity index (χ0n) is 10.2. The standard InChI is InChI=1S/C15H14N2O/c1-17-11-16-14-8-7-13(9-15(14)17)18-10-12-5-3-2-4-6-12/h2-9,11H,10H2,1H3. The second kappa shape index (κ2) is 4.53. The number of hydrogen-bond acceptors (Lipinski definition) is 2. The molecule has 0 saturated heterocycles. The Bertz CT molecular complexity index is 659. The average Bonchev–Trinajstić information content (AvgIpc) is 2.79. The lowest BCUT2D eigenvalue weighted by Gasteiger charge is -2.06. The van der Waals surface area contributed by atoms with Crippen LogP contribution in [0, 0.1) is 0 Å². The van der Waals surface area contributed by atoms with Gasteiger partial charge in [0.2, 0.25) is 0 Å². The molecule has 0 saturated carbocycles. The lowest BCUT2D eigenvalue weighted by molar-refractivity contribution is 0.306. The molecule has 0 unspecified atom stereocenters. The van der Waals surface area contributed by atoms with Crippen LogP contribution in [0.2, 0.25) is 0 Å². The number of ether oxygens (including phenoxy) is 1. The second-order valence-electron chi connectivity index (χ2n) is 4.28. The number of fused-ring (bicyclic) bond motifs is 1. The fraction of sp³-hybridized carbons (Fsp3) is 0.133. The molecule has 3 aromatic rings. The third-order valence-corrected chi connectivity index (χ3v) is 2.95. The van der Waals surface area contributed by atoms with Gasteiger partial charge in [-0.25, -0.2) is 4.98 Å². The van der Waals surface area contributed by atoms with Gasteiger partial charge in [-0.1, -0.05) is 30.3 Å². The summed E-state index contributed by atoms with van der Waals surface area (Å²) in [6.07, 6.45) is 1.81. The number of imidazole rings is 1. The van der Waals surface area contributed by atoms with E-state index in [0.29, 0.717) is 6.61 Å². The van der Waals surface area contributed by atoms with E-state index in [-0.39, 0.29) is 0 Å². The summed E-state index contributed by atoms with van der Waals surface area (Å²) in [5, 5.41) is 0. The molecule has 0 aliphatic heterocycles. The summed E-state index contributed by atoms with van der Waals surface area (Å²) >= 11 is 0. The first-order chi connectivity index (χ1) is 8.83. The highest BCUT2D eigenvalue weighted by Crippen LogP contribution is 2.20. The first-order valence-corrected chi connectivity index (χ1v) is 5.91. The molecule has 0 radical (unpaired) electrons. The van der Waals surface area contributed by atoms with Crippen molar-refractivity contribution in [2.45, 2.75) is 6.61 Å². The van der Waals surface area contributed by atoms with Crippen molar-refractivity contribution in [2.24, 2.45) is 7.05 Å². The first kappa shape index (κ1) is 10.8. The quantitative estimate of drug-likeness (QED) is 0.701. The van der Waals surface area contributed by atoms with E-state index >= 15 is 0 Å². The summed E-state index contributed by atoms with van der Waals surface area (Å²) in [5.41, 5.74) is 3.24. The molecule has 1 aromatic heterocycles. The van der Waals surface area contributed by atoms with Gasteiger partial charge >= 0.3 is 0 Å². The molecule has 1 heterocycles. The van der Waals surface area contributed by atoms with Gasteiger partial charge < -0.3 is 9.30 Å². The highest BCUT2D eigenvalue weighted by Gasteiger charge is 2.02. The number of benzene rings is 2. The van der Waals surface area contributed by atoms with Crippen LogP contribution in [-0.4, -0.2) is 9.55 Å². The van der Waals surface area contributed by atoms with Gasteiger partial charge in [-0.3, -0.25) is 0 Å². The molecule has 3 rings (SSSR count). The van der Waals surface area contributed by atoms with Crippen molar-refractivity contribution in [1.82, 2.24) is 9.55 Å². The van der Waals surface area contributed by atoms with E-state index in [1.165, 1.54) is 5.56 Å². The predicted octanol–water partition coefficient (Wildman–Crippen LogP) is 3.15. The third kappa shape index (κ3) is 2.07. The molecule has 90 valence electrons. The summed E-state index contributed by atoms with van der Waals surface area (Å²) in [5.74, 6) is 0.870. The summed E-state index contributed by atoms with van der Waals surface area (Å²) < 4.78 is 7.77. The third-order valence-electron chi connectivity index (χ3n) is 2.95. The first-order valence-electron chi connectivity index (χ1n) is 5.91. The molecule has 0 spiro atoms. The Hall–Kier alpha value is -2.29. The fourth-order valence-corrected chi connectivity index (χ4v) is 1.94. The minimum atomic E-state index is 0.587. The van der Waals surface area contributed by atoms with Crippen molar-refractivity contribution in [3.63, 3.8) is 0 Å². The molecule has 0 bridgehead atoms. The van der Waals surface area contributed by atoms with Gasteiger partial charge in [0.1, 0.15) is 12.4 Å². The van der Waals surface area contributed by atoms with Crippen LogP contribution in [0.3, 0.4) is 0 Å². The van der Waals surface area contributed by atoms with Crippen LogP contribution < -0.4 is 4.74 Å². The van der Waals surface area contributed by atoms with E-state index in [1.54, 1.807) is 0 Å². The highest BCUT2D eigenvalue weighted by atomic mass is 16.5. The lowest BCUT2D eigenvalue weighted by Crippen LogP contribution is -1.95. The SMILES string of the molecule is Cn1cnc2ccc(OCc3ccccc3)cc21. The molecule has 0 aliphatic carbocycles. The van der Waals surface area contributed by atoms with Crippen LogP contribution in [0.15, 0.2) is 54.9 Å². The largest absolute Gasteiger partial charge is 0.489 e. The van der Waals surface area contributed by atoms with Crippen LogP contribution in [-0.2, 0) is 13.7 Å². The molecule has 3 heteroatoms. The van der Waals surface area contributed by atoms with Gasteiger partial charge in [0, 0.05) is 13.1 Å². The molecule has 0 amide bonds. The minimum Gasteiger partial charge on any atom is -0.489 e. The molecule has 0 fully saturated rings. The normalized spacial score (nSPS) is 10.7. The molecule has 3 nitrogen and oxygen atoms in total. The van der Waals surface area contributed by atoms with Crippen molar-refractivity contribution >= 4 is 11.0 Å². The zero-order valence-corrected chi connectivity index (χ0v) is 10.2. The van der Waals surface area contributed by atoms with Crippen molar-refractivity contribution in [2.75, 3.05) is 0 Å². The van der Waals surface area contributed by atoms with Crippen LogP contribution in [0.4, 0.5) is 0 Å². The topological polar surface area (TPSA) is 27.1 Å². The molecular formula is C15H14N2O. The summed E-state index contributed by atoms with van der Waals surface area (Å²) in [6, 6.07) is 16.1. The van der Waals surface area contributed by atoms with E-state index in [1.807, 2.05) is 54.3 Å². The number of nitrogens with zero attached hydrogens (tertiary/aromatic N) is 2. The molecule has 0 aliphatic rings. The number of rotatable bonds is 3. The summed E-state index contributed by atoms with van der Waals surface area (Å²) in [7, 11) is 1.98. The smallest absolute Gasteiger partial charge is 0.122 e. The molecule has 0 N–H and O–H groups in total. The monoisotopic (exact) mass is 238 g/mol. The van der Waals surface area contributed by atoms with Crippen LogP contribution in [0.25, 0.3) is 11.0 Å². The minimum absolute atomic E-state index is 0.587. The lowest BCUT2D eigenvalue weighted by atomic mass is 10.2. The summed E-state index contributed by atoms with van der Waals surface area (Å²) in [4.78, 5) is 4.29. The average molecular weight is 238 g/mol. The van der Waals surface area contributed by atoms with Crippen molar-refractivity contribution < 1.29 is 4.74 Å². The van der Waals surface area contributed by atoms with Gasteiger partial charge in [-0.05, 0) is 17.7 Å². The molecular weight excluding hydrogens is 224 g/mol. The zero-order chi connectivity index (χ0) is 12.4. The Labute approximate surface area is 106 Å². The van der Waals surface area contributed by atoms with Gasteiger partial charge in [-0.15, -0.1) is 0 Å². The fourth-order valence-electron chi connectivity index (χ4n) is 1.94. The van der Waals surface area contributed by atoms with E-state index < -0.39 is 0 Å². The predicted molar refractivity (Wildman–Crippen MR) is 71.5 cm³/mol. The second-order valence-corrected chi connectivity index (χ2v) is 4.28. The molecule has 18 heavy (non-hydrogen) atoms. The Balaban J connectivity index is 1.80. The van der Waals surface area contributed by atoms with Crippen molar-refractivity contribution in [3.8, 4) is 5.75 Å². The number of aryl methyl sites for hydroxylation is 1. The van der Waals surface area contributed by atoms with Crippen LogP contribution in [0.5, 0.6) is 5.75 Å². The van der Waals surface area contributed by atoms with E-state index in [9.17, 15) is 0 Å². The van der Waals surface area contributed by atoms with E-state index in [4.69, 9.17) is 4.74 Å². The molecule has 0 atom stereocenters. The highest BCUT2D eigenvalue weighted by molar-refractivity contribution is 5.76. The maximum atomic E-state index is 5.78. The Morgan fingerprint density at radius 3 is 2.78 bits per heavy atom. The maximum Gasteiger partial charge on any atom is 0.122 e. The van der Waals surface area contributed by atoms with Gasteiger partial charge in [-0.2, -0.15) is 0 Å². The van der Waals surface area contributed by atoms with Crippen molar-refractivity contribution in [3.05, 3.63) is 60.4 Å². The van der Waals surface area contributed by atoms with Gasteiger partial charge in [0.05, 0.1) is 17.4 Å². The Morgan fingerprint density at radius 2 is 1.94 bits per heavy atom. The van der Waals surface area contributed by atoms with E-state index in [0.717, 1.165) is 16.8 Å². The van der Waals surface area contributed by atoms with Crippen LogP contribution in [0.1, 0.15) is 5.56 Å². The van der Waals surface area contributed by atoms with Gasteiger partial charge in [0.25, 0.3) is 0 Å². The molecule has 2 aromatic carbocycles. The Morgan fingerprint density at radius 1 is 1.11 bits per heavy atom. The Kier molecular flexibility index (Phi) is 2.73. The van der Waals surface area contributed by atoms with Gasteiger partial charge in [0.15, 0.2) is 0 Å². The van der Waals surface area contributed by atoms with Crippen LogP contribution >= 0.6 is 0 Å². The maximum absolute atomic E-state index is 5.78. The summed E-state index contributed by atoms with van der Waals surface area (Å²) in [6.45, 7) is 0.587. The number of hydrogen-bond donors (Lipinski definition) is 0. The van der Waals surface area contributed by atoms with Crippen molar-refractivity contribution in [1.29, 1.82) is 0 Å². The van der Waals surface area contributed by atoms with E-state index in [2.05, 4.69) is 17.1 Å². The number of aromatic nitrogens is 2.